The second-order valence-corrected chi connectivity index (χ2v) is 4.75. The van der Waals surface area contributed by atoms with Gasteiger partial charge in [-0.25, -0.2) is 0 Å². The predicted octanol–water partition coefficient (Wildman–Crippen LogP) is 2.90. The molecule has 0 spiro atoms. The Morgan fingerprint density at radius 3 is 2.28 bits per heavy atom. The van der Waals surface area contributed by atoms with E-state index in [-0.39, 0.29) is 0 Å². The van der Waals surface area contributed by atoms with Crippen LogP contribution in [0.15, 0.2) is 0 Å². The first-order valence-corrected chi connectivity index (χ1v) is 7.80. The molecule has 2 atom stereocenters. The van der Waals surface area contributed by atoms with Crippen LogP contribution in [0.25, 0.3) is 0 Å². The smallest absolute Gasteiger partial charge is 0.0593 e. The summed E-state index contributed by atoms with van der Waals surface area (Å²) in [5, 5.41) is 3.66. The number of ether oxygens (including phenoxy) is 1. The molecule has 0 fully saturated rings. The van der Waals surface area contributed by atoms with Crippen molar-refractivity contribution in [1.82, 2.24) is 10.2 Å². The Labute approximate surface area is 114 Å². The summed E-state index contributed by atoms with van der Waals surface area (Å²) in [5.74, 6) is 0. The fraction of sp³-hybridized carbons (Fsp3) is 1.00. The number of nitrogens with zero attached hydrogens (tertiary/aromatic N) is 1. The van der Waals surface area contributed by atoms with Crippen LogP contribution >= 0.6 is 0 Å². The van der Waals surface area contributed by atoms with Crippen LogP contribution in [0.2, 0.25) is 0 Å². The van der Waals surface area contributed by atoms with E-state index in [2.05, 4.69) is 44.8 Å². The van der Waals surface area contributed by atoms with Crippen molar-refractivity contribution in [2.75, 3.05) is 32.8 Å². The van der Waals surface area contributed by atoms with Crippen LogP contribution in [-0.2, 0) is 4.74 Å². The molecule has 18 heavy (non-hydrogen) atoms. The molecule has 0 aliphatic rings. The van der Waals surface area contributed by atoms with Gasteiger partial charge in [0.1, 0.15) is 0 Å². The Morgan fingerprint density at radius 1 is 1.11 bits per heavy atom. The molecule has 3 heteroatoms. The van der Waals surface area contributed by atoms with Crippen molar-refractivity contribution >= 4 is 0 Å². The maximum atomic E-state index is 5.50. The van der Waals surface area contributed by atoms with Crippen molar-refractivity contribution in [3.05, 3.63) is 0 Å². The summed E-state index contributed by atoms with van der Waals surface area (Å²) >= 11 is 0. The van der Waals surface area contributed by atoms with Gasteiger partial charge < -0.3 is 10.1 Å². The van der Waals surface area contributed by atoms with Crippen LogP contribution in [0.4, 0.5) is 0 Å². The van der Waals surface area contributed by atoms with E-state index < -0.39 is 0 Å². The molecule has 1 N–H and O–H groups in total. The van der Waals surface area contributed by atoms with E-state index in [0.29, 0.717) is 12.1 Å². The topological polar surface area (TPSA) is 24.5 Å². The summed E-state index contributed by atoms with van der Waals surface area (Å²) < 4.78 is 5.50. The van der Waals surface area contributed by atoms with Gasteiger partial charge in [0, 0.05) is 25.2 Å². The maximum Gasteiger partial charge on any atom is 0.0593 e. The van der Waals surface area contributed by atoms with Crippen LogP contribution in [0.5, 0.6) is 0 Å². The highest BCUT2D eigenvalue weighted by Gasteiger charge is 2.23. The van der Waals surface area contributed by atoms with Gasteiger partial charge >= 0.3 is 0 Å². The molecular weight excluding hydrogens is 224 g/mol. The maximum absolute atomic E-state index is 5.50. The molecule has 3 nitrogen and oxygen atoms in total. The minimum Gasteiger partial charge on any atom is -0.380 e. The summed E-state index contributed by atoms with van der Waals surface area (Å²) in [6.45, 7) is 16.0. The van der Waals surface area contributed by atoms with E-state index in [1.54, 1.807) is 0 Å². The molecule has 0 aromatic rings. The third-order valence-corrected chi connectivity index (χ3v) is 3.55. The zero-order chi connectivity index (χ0) is 13.8. The lowest BCUT2D eigenvalue weighted by Crippen LogP contribution is -2.50. The lowest BCUT2D eigenvalue weighted by atomic mass is 9.99. The number of hydrogen-bond donors (Lipinski definition) is 1. The van der Waals surface area contributed by atoms with Gasteiger partial charge in [0.2, 0.25) is 0 Å². The van der Waals surface area contributed by atoms with Crippen LogP contribution in [0.1, 0.15) is 53.9 Å². The number of hydrogen-bond acceptors (Lipinski definition) is 3. The first kappa shape index (κ1) is 17.9. The lowest BCUT2D eigenvalue weighted by molar-refractivity contribution is 0.0823. The molecule has 0 aliphatic carbocycles. The standard InChI is InChI=1S/C15H34N2O/c1-6-11-14(16-8-3)15(7-2)17(9-4)12-13-18-10-5/h14-16H,6-13H2,1-5H3. The van der Waals surface area contributed by atoms with Gasteiger partial charge in [0.25, 0.3) is 0 Å². The largest absolute Gasteiger partial charge is 0.380 e. The second kappa shape index (κ2) is 11.9. The molecule has 0 rings (SSSR count). The van der Waals surface area contributed by atoms with Crippen molar-refractivity contribution in [2.24, 2.45) is 0 Å². The minimum absolute atomic E-state index is 0.617. The number of rotatable bonds is 12. The first-order chi connectivity index (χ1) is 8.74. The van der Waals surface area contributed by atoms with Crippen molar-refractivity contribution in [2.45, 2.75) is 66.0 Å². The second-order valence-electron chi connectivity index (χ2n) is 4.75. The van der Waals surface area contributed by atoms with Crippen molar-refractivity contribution in [1.29, 1.82) is 0 Å². The molecule has 0 aromatic heterocycles. The monoisotopic (exact) mass is 258 g/mol. The highest BCUT2D eigenvalue weighted by Crippen LogP contribution is 2.13. The molecular formula is C15H34N2O. The van der Waals surface area contributed by atoms with Crippen LogP contribution in [-0.4, -0.2) is 49.8 Å². The van der Waals surface area contributed by atoms with Gasteiger partial charge in [0.05, 0.1) is 6.61 Å². The summed E-state index contributed by atoms with van der Waals surface area (Å²) in [4.78, 5) is 2.57. The Morgan fingerprint density at radius 2 is 1.83 bits per heavy atom. The molecule has 0 radical (unpaired) electrons. The predicted molar refractivity (Wildman–Crippen MR) is 80.2 cm³/mol. The van der Waals surface area contributed by atoms with Gasteiger partial charge in [-0.15, -0.1) is 0 Å². The number of nitrogens with one attached hydrogen (secondary N) is 1. The molecule has 110 valence electrons. The lowest BCUT2D eigenvalue weighted by Gasteiger charge is -2.36. The summed E-state index contributed by atoms with van der Waals surface area (Å²) in [6.07, 6.45) is 3.71. The summed E-state index contributed by atoms with van der Waals surface area (Å²) in [7, 11) is 0. The summed E-state index contributed by atoms with van der Waals surface area (Å²) in [5.41, 5.74) is 0. The molecule has 2 unspecified atom stereocenters. The SMILES string of the molecule is CCCC(NCC)C(CC)N(CC)CCOCC. The van der Waals surface area contributed by atoms with Gasteiger partial charge in [0.15, 0.2) is 0 Å². The molecule has 0 saturated carbocycles. The van der Waals surface area contributed by atoms with E-state index in [0.717, 1.165) is 32.8 Å². The van der Waals surface area contributed by atoms with Crippen molar-refractivity contribution in [3.8, 4) is 0 Å². The van der Waals surface area contributed by atoms with Gasteiger partial charge in [-0.2, -0.15) is 0 Å². The average Bonchev–Trinajstić information content (AvgIpc) is 2.38. The molecule has 0 aliphatic heterocycles. The van der Waals surface area contributed by atoms with Crippen LogP contribution in [0, 0.1) is 0 Å². The molecule has 0 aromatic carbocycles. The van der Waals surface area contributed by atoms with E-state index >= 15 is 0 Å². The summed E-state index contributed by atoms with van der Waals surface area (Å²) in [6, 6.07) is 1.25. The zero-order valence-electron chi connectivity index (χ0n) is 13.2. The highest BCUT2D eigenvalue weighted by atomic mass is 16.5. The number of likely N-dealkylation sites (N-methyl/N-ethyl adjacent to an activating group) is 2. The quantitative estimate of drug-likeness (QED) is 0.545. The van der Waals surface area contributed by atoms with Crippen molar-refractivity contribution < 1.29 is 4.74 Å². The third-order valence-electron chi connectivity index (χ3n) is 3.55. The molecule has 0 amide bonds. The average molecular weight is 258 g/mol. The van der Waals surface area contributed by atoms with Gasteiger partial charge in [-0.3, -0.25) is 4.90 Å². The van der Waals surface area contributed by atoms with E-state index in [1.807, 2.05) is 0 Å². The van der Waals surface area contributed by atoms with E-state index in [4.69, 9.17) is 4.74 Å². The normalized spacial score (nSPS) is 15.0. The van der Waals surface area contributed by atoms with Gasteiger partial charge in [-0.1, -0.05) is 34.1 Å². The molecule has 0 bridgehead atoms. The first-order valence-electron chi connectivity index (χ1n) is 7.80. The van der Waals surface area contributed by atoms with Crippen molar-refractivity contribution in [3.63, 3.8) is 0 Å². The minimum atomic E-state index is 0.617. The fourth-order valence-corrected chi connectivity index (χ4v) is 2.69. The fourth-order valence-electron chi connectivity index (χ4n) is 2.69. The zero-order valence-corrected chi connectivity index (χ0v) is 13.2. The van der Waals surface area contributed by atoms with E-state index in [9.17, 15) is 0 Å². The third kappa shape index (κ3) is 6.72. The Hall–Kier alpha value is -0.120. The van der Waals surface area contributed by atoms with Crippen LogP contribution in [0.3, 0.4) is 0 Å². The molecule has 0 saturated heterocycles. The Balaban J connectivity index is 4.43. The Kier molecular flexibility index (Phi) is 11.9. The van der Waals surface area contributed by atoms with Gasteiger partial charge in [-0.05, 0) is 32.9 Å². The van der Waals surface area contributed by atoms with Crippen LogP contribution < -0.4 is 5.32 Å². The Bertz CT molecular complexity index is 170. The van der Waals surface area contributed by atoms with E-state index in [1.165, 1.54) is 19.3 Å². The highest BCUT2D eigenvalue weighted by molar-refractivity contribution is 4.83. The molecule has 0 heterocycles.